The molecule has 0 aromatic heterocycles. The second-order valence-corrected chi connectivity index (χ2v) is 3.84. The third-order valence-corrected chi connectivity index (χ3v) is 3.04. The predicted molar refractivity (Wildman–Crippen MR) is 54.2 cm³/mol. The van der Waals surface area contributed by atoms with Crippen molar-refractivity contribution in [2.75, 3.05) is 5.32 Å². The Kier molecular flexibility index (Phi) is 1.99. The molecule has 0 saturated heterocycles. The van der Waals surface area contributed by atoms with E-state index in [1.807, 2.05) is 31.2 Å². The van der Waals surface area contributed by atoms with E-state index in [4.69, 9.17) is 5.26 Å². The summed E-state index contributed by atoms with van der Waals surface area (Å²) in [5.74, 6) is 0. The predicted octanol–water partition coefficient (Wildman–Crippen LogP) is 2.96. The van der Waals surface area contributed by atoms with Gasteiger partial charge in [-0.3, -0.25) is 0 Å². The molecule has 1 aliphatic rings. The SMILES string of the molecule is C/C(C#N)=C1\Nc2ccccc2S1. The zero-order valence-corrected chi connectivity index (χ0v) is 7.98. The van der Waals surface area contributed by atoms with Gasteiger partial charge in [0, 0.05) is 4.90 Å². The monoisotopic (exact) mass is 188 g/mol. The summed E-state index contributed by atoms with van der Waals surface area (Å²) in [6.07, 6.45) is 0. The minimum atomic E-state index is 0.737. The van der Waals surface area contributed by atoms with E-state index in [9.17, 15) is 0 Å². The van der Waals surface area contributed by atoms with Crippen LogP contribution in [0, 0.1) is 11.3 Å². The van der Waals surface area contributed by atoms with Gasteiger partial charge in [-0.2, -0.15) is 5.26 Å². The van der Waals surface area contributed by atoms with Crippen molar-refractivity contribution in [1.29, 1.82) is 5.26 Å². The van der Waals surface area contributed by atoms with Gasteiger partial charge in [0.15, 0.2) is 0 Å². The standard InChI is InChI=1S/C10H8N2S/c1-7(6-11)10-12-8-4-2-3-5-9(8)13-10/h2-5,12H,1H3/b10-7-. The summed E-state index contributed by atoms with van der Waals surface area (Å²) < 4.78 is 0. The zero-order chi connectivity index (χ0) is 9.26. The Morgan fingerprint density at radius 3 is 2.92 bits per heavy atom. The van der Waals surface area contributed by atoms with Crippen LogP contribution in [0.25, 0.3) is 0 Å². The van der Waals surface area contributed by atoms with E-state index in [-0.39, 0.29) is 0 Å². The van der Waals surface area contributed by atoms with Gasteiger partial charge < -0.3 is 5.32 Å². The first-order valence-corrected chi connectivity index (χ1v) is 4.78. The van der Waals surface area contributed by atoms with Crippen molar-refractivity contribution in [3.05, 3.63) is 34.9 Å². The van der Waals surface area contributed by atoms with E-state index in [2.05, 4.69) is 11.4 Å². The number of nitrogens with zero attached hydrogens (tertiary/aromatic N) is 1. The molecular weight excluding hydrogens is 180 g/mol. The number of anilines is 1. The van der Waals surface area contributed by atoms with Crippen LogP contribution in [-0.4, -0.2) is 0 Å². The molecule has 0 unspecified atom stereocenters. The number of nitriles is 1. The van der Waals surface area contributed by atoms with Crippen LogP contribution >= 0.6 is 11.8 Å². The summed E-state index contributed by atoms with van der Waals surface area (Å²) in [5.41, 5.74) is 1.83. The molecule has 0 aliphatic carbocycles. The van der Waals surface area contributed by atoms with E-state index in [1.165, 1.54) is 4.90 Å². The molecule has 64 valence electrons. The summed E-state index contributed by atoms with van der Waals surface area (Å²) in [7, 11) is 0. The quantitative estimate of drug-likeness (QED) is 0.636. The summed E-state index contributed by atoms with van der Waals surface area (Å²) in [6, 6.07) is 10.2. The molecule has 0 amide bonds. The van der Waals surface area contributed by atoms with Crippen LogP contribution in [0.15, 0.2) is 39.8 Å². The molecule has 13 heavy (non-hydrogen) atoms. The van der Waals surface area contributed by atoms with Gasteiger partial charge in [-0.25, -0.2) is 0 Å². The lowest BCUT2D eigenvalue weighted by molar-refractivity contribution is 1.40. The third kappa shape index (κ3) is 1.41. The first kappa shape index (κ1) is 8.21. The highest BCUT2D eigenvalue weighted by Crippen LogP contribution is 2.41. The highest BCUT2D eigenvalue weighted by atomic mass is 32.2. The van der Waals surface area contributed by atoms with E-state index in [1.54, 1.807) is 11.8 Å². The van der Waals surface area contributed by atoms with Crippen molar-refractivity contribution >= 4 is 17.4 Å². The molecular formula is C10H8N2S. The molecule has 0 bridgehead atoms. The maximum absolute atomic E-state index is 8.71. The summed E-state index contributed by atoms with van der Waals surface area (Å²) in [6.45, 7) is 1.82. The lowest BCUT2D eigenvalue weighted by Crippen LogP contribution is -1.90. The second-order valence-electron chi connectivity index (χ2n) is 2.79. The van der Waals surface area contributed by atoms with E-state index in [0.717, 1.165) is 16.3 Å². The molecule has 0 radical (unpaired) electrons. The minimum Gasteiger partial charge on any atom is -0.348 e. The number of hydrogen-bond donors (Lipinski definition) is 1. The number of fused-ring (bicyclic) bond motifs is 1. The van der Waals surface area contributed by atoms with Crippen LogP contribution in [-0.2, 0) is 0 Å². The van der Waals surface area contributed by atoms with Gasteiger partial charge in [0.2, 0.25) is 0 Å². The van der Waals surface area contributed by atoms with Crippen molar-refractivity contribution in [3.63, 3.8) is 0 Å². The normalized spacial score (nSPS) is 17.2. The molecule has 2 nitrogen and oxygen atoms in total. The molecule has 0 atom stereocenters. The summed E-state index contributed by atoms with van der Waals surface area (Å²) in [4.78, 5) is 1.19. The van der Waals surface area contributed by atoms with Crippen molar-refractivity contribution in [1.82, 2.24) is 0 Å². The minimum absolute atomic E-state index is 0.737. The number of nitrogens with one attached hydrogen (secondary N) is 1. The molecule has 1 N–H and O–H groups in total. The Morgan fingerprint density at radius 1 is 1.46 bits per heavy atom. The van der Waals surface area contributed by atoms with Gasteiger partial charge >= 0.3 is 0 Å². The highest BCUT2D eigenvalue weighted by molar-refractivity contribution is 8.03. The molecule has 3 heteroatoms. The molecule has 0 fully saturated rings. The lowest BCUT2D eigenvalue weighted by Gasteiger charge is -1.97. The molecule has 0 spiro atoms. The number of thioether (sulfide) groups is 1. The highest BCUT2D eigenvalue weighted by Gasteiger charge is 2.16. The Labute approximate surface area is 81.3 Å². The number of rotatable bonds is 0. The van der Waals surface area contributed by atoms with Gasteiger partial charge in [0.25, 0.3) is 0 Å². The van der Waals surface area contributed by atoms with Crippen molar-refractivity contribution < 1.29 is 0 Å². The van der Waals surface area contributed by atoms with E-state index < -0.39 is 0 Å². The van der Waals surface area contributed by atoms with Crippen LogP contribution in [0.5, 0.6) is 0 Å². The van der Waals surface area contributed by atoms with E-state index >= 15 is 0 Å². The van der Waals surface area contributed by atoms with Crippen molar-refractivity contribution in [3.8, 4) is 6.07 Å². The molecule has 0 saturated carbocycles. The number of allylic oxidation sites excluding steroid dienone is 1. The fraction of sp³-hybridized carbons (Fsp3) is 0.100. The zero-order valence-electron chi connectivity index (χ0n) is 7.16. The average molecular weight is 188 g/mol. The van der Waals surface area contributed by atoms with Crippen LogP contribution in [0.4, 0.5) is 5.69 Å². The third-order valence-electron chi connectivity index (χ3n) is 1.86. The Morgan fingerprint density at radius 2 is 2.23 bits per heavy atom. The Bertz CT molecular complexity index is 388. The molecule has 1 aromatic rings. The van der Waals surface area contributed by atoms with Gasteiger partial charge in [0.1, 0.15) is 0 Å². The molecule has 1 aromatic carbocycles. The van der Waals surface area contributed by atoms with Crippen molar-refractivity contribution in [2.24, 2.45) is 0 Å². The fourth-order valence-corrected chi connectivity index (χ4v) is 2.09. The number of para-hydroxylation sites is 1. The van der Waals surface area contributed by atoms with Gasteiger partial charge in [-0.15, -0.1) is 0 Å². The topological polar surface area (TPSA) is 35.8 Å². The molecule has 2 rings (SSSR count). The molecule has 1 heterocycles. The summed E-state index contributed by atoms with van der Waals surface area (Å²) in [5, 5.41) is 12.9. The van der Waals surface area contributed by atoms with Crippen molar-refractivity contribution in [2.45, 2.75) is 11.8 Å². The van der Waals surface area contributed by atoms with Gasteiger partial charge in [-0.1, -0.05) is 23.9 Å². The van der Waals surface area contributed by atoms with Gasteiger partial charge in [-0.05, 0) is 19.1 Å². The first-order chi connectivity index (χ1) is 6.31. The maximum atomic E-state index is 8.71. The average Bonchev–Trinajstić information content (AvgIpc) is 2.59. The Hall–Kier alpha value is -1.40. The fourth-order valence-electron chi connectivity index (χ4n) is 1.14. The molecule has 1 aliphatic heterocycles. The largest absolute Gasteiger partial charge is 0.348 e. The van der Waals surface area contributed by atoms with Crippen LogP contribution in [0.3, 0.4) is 0 Å². The van der Waals surface area contributed by atoms with Crippen LogP contribution in [0.1, 0.15) is 6.92 Å². The van der Waals surface area contributed by atoms with Gasteiger partial charge in [0.05, 0.1) is 22.4 Å². The smallest absolute Gasteiger partial charge is 0.0971 e. The van der Waals surface area contributed by atoms with Crippen LogP contribution < -0.4 is 5.32 Å². The number of hydrogen-bond acceptors (Lipinski definition) is 3. The first-order valence-electron chi connectivity index (χ1n) is 3.96. The van der Waals surface area contributed by atoms with E-state index in [0.29, 0.717) is 0 Å². The Balaban J connectivity index is 2.39. The van der Waals surface area contributed by atoms with Crippen LogP contribution in [0.2, 0.25) is 0 Å². The summed E-state index contributed by atoms with van der Waals surface area (Å²) >= 11 is 1.61. The maximum Gasteiger partial charge on any atom is 0.0971 e. The number of benzene rings is 1. The lowest BCUT2D eigenvalue weighted by atomic mass is 10.3. The second kappa shape index (κ2) is 3.15.